The molecule has 0 saturated carbocycles. The molecule has 0 radical (unpaired) electrons. The van der Waals surface area contributed by atoms with Crippen LogP contribution in [0.3, 0.4) is 0 Å². The largest absolute Gasteiger partial charge is 0.489 e. The van der Waals surface area contributed by atoms with Gasteiger partial charge in [-0.1, -0.05) is 25.4 Å². The van der Waals surface area contributed by atoms with Crippen molar-refractivity contribution >= 4 is 11.6 Å². The quantitative estimate of drug-likeness (QED) is 0.792. The van der Waals surface area contributed by atoms with Gasteiger partial charge in [0.1, 0.15) is 11.8 Å². The number of hydrogen-bond acceptors (Lipinski definition) is 2. The Bertz CT molecular complexity index is 395. The second-order valence-electron chi connectivity index (χ2n) is 4.31. The molecule has 3 heteroatoms. The predicted octanol–water partition coefficient (Wildman–Crippen LogP) is 4.03. The average Bonchev–Trinajstić information content (AvgIpc) is 2.19. The average molecular weight is 238 g/mol. The molecule has 0 aliphatic heterocycles. The fourth-order valence-corrected chi connectivity index (χ4v) is 1.79. The first-order valence-corrected chi connectivity index (χ1v) is 5.77. The Morgan fingerprint density at radius 1 is 1.38 bits per heavy atom. The Hall–Kier alpha value is -1.20. The van der Waals surface area contributed by atoms with Gasteiger partial charge in [-0.3, -0.25) is 0 Å². The van der Waals surface area contributed by atoms with Crippen LogP contribution in [0.25, 0.3) is 0 Å². The monoisotopic (exact) mass is 237 g/mol. The highest BCUT2D eigenvalue weighted by Gasteiger charge is 2.10. The minimum Gasteiger partial charge on any atom is -0.489 e. The topological polar surface area (TPSA) is 33.0 Å². The van der Waals surface area contributed by atoms with Crippen LogP contribution in [-0.2, 0) is 0 Å². The molecule has 0 amide bonds. The molecule has 16 heavy (non-hydrogen) atoms. The second-order valence-corrected chi connectivity index (χ2v) is 4.75. The first kappa shape index (κ1) is 12.9. The summed E-state index contributed by atoms with van der Waals surface area (Å²) in [5.74, 6) is 1.19. The van der Waals surface area contributed by atoms with E-state index < -0.39 is 0 Å². The number of nitriles is 1. The predicted molar refractivity (Wildman–Crippen MR) is 65.7 cm³/mol. The van der Waals surface area contributed by atoms with Crippen LogP contribution in [0.4, 0.5) is 0 Å². The maximum Gasteiger partial charge on any atom is 0.137 e. The van der Waals surface area contributed by atoms with Gasteiger partial charge in [0.2, 0.25) is 0 Å². The molecule has 1 aromatic rings. The van der Waals surface area contributed by atoms with E-state index in [1.807, 2.05) is 6.92 Å². The lowest BCUT2D eigenvalue weighted by atomic mass is 10.1. The van der Waals surface area contributed by atoms with Gasteiger partial charge in [-0.25, -0.2) is 0 Å². The molecule has 2 nitrogen and oxygen atoms in total. The number of halogens is 1. The Kier molecular flexibility index (Phi) is 4.64. The SMILES string of the molecule is CC(C)CC(C)Oc1ccc(Cl)cc1C#N. The van der Waals surface area contributed by atoms with E-state index in [0.29, 0.717) is 22.3 Å². The summed E-state index contributed by atoms with van der Waals surface area (Å²) < 4.78 is 5.72. The molecule has 1 rings (SSSR count). The Morgan fingerprint density at radius 2 is 2.06 bits per heavy atom. The third-order valence-corrected chi connectivity index (χ3v) is 2.43. The first-order valence-electron chi connectivity index (χ1n) is 5.39. The minimum absolute atomic E-state index is 0.105. The van der Waals surface area contributed by atoms with E-state index in [-0.39, 0.29) is 6.10 Å². The number of benzene rings is 1. The molecule has 0 aromatic heterocycles. The second kappa shape index (κ2) is 5.77. The summed E-state index contributed by atoms with van der Waals surface area (Å²) in [6.07, 6.45) is 1.07. The van der Waals surface area contributed by atoms with Crippen LogP contribution >= 0.6 is 11.6 Å². The number of ether oxygens (including phenoxy) is 1. The molecule has 0 aliphatic rings. The van der Waals surface area contributed by atoms with E-state index >= 15 is 0 Å². The summed E-state index contributed by atoms with van der Waals surface area (Å²) >= 11 is 5.81. The van der Waals surface area contributed by atoms with Gasteiger partial charge in [0.15, 0.2) is 0 Å². The lowest BCUT2D eigenvalue weighted by Gasteiger charge is -2.17. The molecule has 1 atom stereocenters. The Labute approximate surface area is 102 Å². The highest BCUT2D eigenvalue weighted by Crippen LogP contribution is 2.24. The lowest BCUT2D eigenvalue weighted by molar-refractivity contribution is 0.193. The fourth-order valence-electron chi connectivity index (χ4n) is 1.62. The van der Waals surface area contributed by atoms with Crippen molar-refractivity contribution in [1.82, 2.24) is 0 Å². The summed E-state index contributed by atoms with van der Waals surface area (Å²) in [4.78, 5) is 0. The molecule has 1 aromatic carbocycles. The summed E-state index contributed by atoms with van der Waals surface area (Å²) in [7, 11) is 0. The lowest BCUT2D eigenvalue weighted by Crippen LogP contribution is -2.15. The molecule has 0 spiro atoms. The maximum absolute atomic E-state index is 8.95. The minimum atomic E-state index is 0.105. The van der Waals surface area contributed by atoms with Crippen molar-refractivity contribution in [2.75, 3.05) is 0 Å². The van der Waals surface area contributed by atoms with Crippen molar-refractivity contribution in [2.24, 2.45) is 5.92 Å². The van der Waals surface area contributed by atoms with E-state index in [2.05, 4.69) is 19.9 Å². The first-order chi connectivity index (χ1) is 7.52. The van der Waals surface area contributed by atoms with Gasteiger partial charge < -0.3 is 4.74 Å². The van der Waals surface area contributed by atoms with Gasteiger partial charge in [0, 0.05) is 5.02 Å². The van der Waals surface area contributed by atoms with E-state index in [1.54, 1.807) is 18.2 Å². The van der Waals surface area contributed by atoms with Crippen LogP contribution in [0.5, 0.6) is 5.75 Å². The van der Waals surface area contributed by atoms with Gasteiger partial charge in [0.05, 0.1) is 11.7 Å². The standard InChI is InChI=1S/C13H16ClNO/c1-9(2)6-10(3)16-13-5-4-12(14)7-11(13)8-15/h4-5,7,9-10H,6H2,1-3H3. The number of nitrogens with zero attached hydrogens (tertiary/aromatic N) is 1. The zero-order valence-electron chi connectivity index (χ0n) is 9.83. The summed E-state index contributed by atoms with van der Waals surface area (Å²) in [6, 6.07) is 7.19. The highest BCUT2D eigenvalue weighted by molar-refractivity contribution is 6.30. The maximum atomic E-state index is 8.95. The summed E-state index contributed by atoms with van der Waals surface area (Å²) in [5, 5.41) is 9.50. The van der Waals surface area contributed by atoms with Crippen LogP contribution in [0, 0.1) is 17.2 Å². The zero-order chi connectivity index (χ0) is 12.1. The van der Waals surface area contributed by atoms with E-state index in [0.717, 1.165) is 6.42 Å². The molecule has 0 N–H and O–H groups in total. The van der Waals surface area contributed by atoms with Crippen LogP contribution in [0.2, 0.25) is 5.02 Å². The third kappa shape index (κ3) is 3.75. The van der Waals surface area contributed by atoms with Crippen LogP contribution in [-0.4, -0.2) is 6.10 Å². The molecular weight excluding hydrogens is 222 g/mol. The van der Waals surface area contributed by atoms with Gasteiger partial charge in [-0.05, 0) is 37.5 Å². The molecule has 0 saturated heterocycles. The van der Waals surface area contributed by atoms with Gasteiger partial charge in [-0.2, -0.15) is 5.26 Å². The zero-order valence-corrected chi connectivity index (χ0v) is 10.6. The van der Waals surface area contributed by atoms with Gasteiger partial charge >= 0.3 is 0 Å². The molecule has 0 heterocycles. The fraction of sp³-hybridized carbons (Fsp3) is 0.462. The summed E-state index contributed by atoms with van der Waals surface area (Å²) in [6.45, 7) is 6.30. The number of rotatable bonds is 4. The van der Waals surface area contributed by atoms with Crippen molar-refractivity contribution in [1.29, 1.82) is 5.26 Å². The van der Waals surface area contributed by atoms with Gasteiger partial charge in [0.25, 0.3) is 0 Å². The van der Waals surface area contributed by atoms with Crippen LogP contribution < -0.4 is 4.74 Å². The van der Waals surface area contributed by atoms with Crippen molar-refractivity contribution in [3.63, 3.8) is 0 Å². The molecular formula is C13H16ClNO. The van der Waals surface area contributed by atoms with E-state index in [1.165, 1.54) is 0 Å². The van der Waals surface area contributed by atoms with Crippen LogP contribution in [0.15, 0.2) is 18.2 Å². The number of hydrogen-bond donors (Lipinski definition) is 0. The van der Waals surface area contributed by atoms with Crippen molar-refractivity contribution in [3.8, 4) is 11.8 Å². The molecule has 1 unspecified atom stereocenters. The van der Waals surface area contributed by atoms with Crippen molar-refractivity contribution < 1.29 is 4.74 Å². The molecule has 0 bridgehead atoms. The Morgan fingerprint density at radius 3 is 2.62 bits per heavy atom. The van der Waals surface area contributed by atoms with Crippen LogP contribution in [0.1, 0.15) is 32.8 Å². The van der Waals surface area contributed by atoms with Gasteiger partial charge in [-0.15, -0.1) is 0 Å². The van der Waals surface area contributed by atoms with Crippen molar-refractivity contribution in [3.05, 3.63) is 28.8 Å². The van der Waals surface area contributed by atoms with E-state index in [4.69, 9.17) is 21.6 Å². The summed E-state index contributed by atoms with van der Waals surface area (Å²) in [5.41, 5.74) is 0.489. The molecule has 86 valence electrons. The molecule has 0 fully saturated rings. The smallest absolute Gasteiger partial charge is 0.137 e. The Balaban J connectivity index is 2.77. The normalized spacial score (nSPS) is 12.2. The third-order valence-electron chi connectivity index (χ3n) is 2.19. The van der Waals surface area contributed by atoms with Crippen molar-refractivity contribution in [2.45, 2.75) is 33.3 Å². The van der Waals surface area contributed by atoms with E-state index in [9.17, 15) is 0 Å². The molecule has 0 aliphatic carbocycles. The highest BCUT2D eigenvalue weighted by atomic mass is 35.5.